The van der Waals surface area contributed by atoms with E-state index in [1.54, 1.807) is 32.6 Å². The third kappa shape index (κ3) is 4.18. The highest BCUT2D eigenvalue weighted by Crippen LogP contribution is 2.45. The maximum absolute atomic E-state index is 11.0. The van der Waals surface area contributed by atoms with Crippen molar-refractivity contribution < 1.29 is 14.4 Å². The number of nitrogens with zero attached hydrogens (tertiary/aromatic N) is 2. The van der Waals surface area contributed by atoms with Crippen molar-refractivity contribution in [1.29, 1.82) is 0 Å². The molecule has 5 aromatic rings. The Morgan fingerprint density at radius 1 is 0.833 bits per heavy atom. The Morgan fingerprint density at radius 3 is 2.03 bits per heavy atom. The quantitative estimate of drug-likeness (QED) is 0.153. The number of nitro groups is 1. The zero-order chi connectivity index (χ0) is 25.1. The maximum atomic E-state index is 11.0. The smallest absolute Gasteiger partial charge is 0.269 e. The van der Waals surface area contributed by atoms with Crippen molar-refractivity contribution >= 4 is 28.5 Å². The molecule has 7 heteroatoms. The minimum atomic E-state index is -0.432. The Morgan fingerprint density at radius 2 is 1.44 bits per heavy atom. The summed E-state index contributed by atoms with van der Waals surface area (Å²) in [5.74, 6) is 1.26. The maximum Gasteiger partial charge on any atom is 0.269 e. The summed E-state index contributed by atoms with van der Waals surface area (Å²) in [7, 11) is 3.24. The summed E-state index contributed by atoms with van der Waals surface area (Å²) < 4.78 is 11.5. The number of benzene rings is 4. The van der Waals surface area contributed by atoms with Crippen LogP contribution in [0.1, 0.15) is 5.56 Å². The van der Waals surface area contributed by atoms with E-state index in [1.807, 2.05) is 42.5 Å². The van der Waals surface area contributed by atoms with Crippen molar-refractivity contribution in [1.82, 2.24) is 4.98 Å². The zero-order valence-corrected chi connectivity index (χ0v) is 19.8. The van der Waals surface area contributed by atoms with Crippen molar-refractivity contribution in [3.8, 4) is 33.9 Å². The van der Waals surface area contributed by atoms with Crippen molar-refractivity contribution in [2.45, 2.75) is 0 Å². The molecule has 0 saturated carbocycles. The molecule has 1 N–H and O–H groups in total. The number of methoxy groups -OCH3 is 2. The molecule has 0 unspecified atom stereocenters. The SMILES string of the molecule is COc1cc(OC)c2c(-c3ccccc3)c(-c3ccccc3)[nH]c2c1C=Nc1ccc([N+](=O)[O-])cc1. The third-order valence-corrected chi connectivity index (χ3v) is 6.01. The summed E-state index contributed by atoms with van der Waals surface area (Å²) in [6.45, 7) is 0. The van der Waals surface area contributed by atoms with Gasteiger partial charge in [-0.3, -0.25) is 15.1 Å². The number of aromatic amines is 1. The van der Waals surface area contributed by atoms with Gasteiger partial charge in [0.05, 0.1) is 47.0 Å². The summed E-state index contributed by atoms with van der Waals surface area (Å²) in [5.41, 5.74) is 6.21. The van der Waals surface area contributed by atoms with Crippen LogP contribution in [0.5, 0.6) is 11.5 Å². The highest BCUT2D eigenvalue weighted by Gasteiger charge is 2.23. The lowest BCUT2D eigenvalue weighted by Crippen LogP contribution is -1.95. The fourth-order valence-electron chi connectivity index (χ4n) is 4.31. The van der Waals surface area contributed by atoms with Crippen molar-refractivity contribution in [3.63, 3.8) is 0 Å². The lowest BCUT2D eigenvalue weighted by Gasteiger charge is -2.12. The van der Waals surface area contributed by atoms with Crippen LogP contribution in [0.15, 0.2) is 96.0 Å². The summed E-state index contributed by atoms with van der Waals surface area (Å²) in [5, 5.41) is 11.9. The standard InChI is InChI=1S/C29H23N3O4/c1-35-24-17-25(36-2)27-26(19-9-5-3-6-10-19)28(20-11-7-4-8-12-20)31-29(27)23(24)18-30-21-13-15-22(16-14-21)32(33)34/h3-18,31H,1-2H3. The van der Waals surface area contributed by atoms with E-state index in [0.29, 0.717) is 17.2 Å². The third-order valence-electron chi connectivity index (χ3n) is 6.01. The van der Waals surface area contributed by atoms with E-state index in [0.717, 1.165) is 38.9 Å². The fraction of sp³-hybridized carbons (Fsp3) is 0.0690. The number of aromatic nitrogens is 1. The Bertz CT molecular complexity index is 1560. The number of rotatable bonds is 7. The molecule has 7 nitrogen and oxygen atoms in total. The molecule has 1 aromatic heterocycles. The molecule has 0 fully saturated rings. The second-order valence-electron chi connectivity index (χ2n) is 8.08. The Hall–Kier alpha value is -4.91. The van der Waals surface area contributed by atoms with Crippen LogP contribution in [0.3, 0.4) is 0 Å². The molecule has 0 aliphatic carbocycles. The normalized spacial score (nSPS) is 11.2. The van der Waals surface area contributed by atoms with Crippen LogP contribution in [0.4, 0.5) is 11.4 Å². The van der Waals surface area contributed by atoms with E-state index in [1.165, 1.54) is 12.1 Å². The highest BCUT2D eigenvalue weighted by atomic mass is 16.6. The van der Waals surface area contributed by atoms with Gasteiger partial charge in [0, 0.05) is 30.0 Å². The van der Waals surface area contributed by atoms with Crippen molar-refractivity contribution in [2.75, 3.05) is 14.2 Å². The van der Waals surface area contributed by atoms with Gasteiger partial charge in [-0.05, 0) is 23.3 Å². The second-order valence-corrected chi connectivity index (χ2v) is 8.08. The average molecular weight is 478 g/mol. The van der Waals surface area contributed by atoms with Crippen LogP contribution in [0.2, 0.25) is 0 Å². The van der Waals surface area contributed by atoms with Crippen molar-refractivity contribution in [2.24, 2.45) is 4.99 Å². The van der Waals surface area contributed by atoms with Crippen molar-refractivity contribution in [3.05, 3.63) is 107 Å². The number of ether oxygens (including phenoxy) is 2. The number of hydrogen-bond donors (Lipinski definition) is 1. The van der Waals surface area contributed by atoms with Crippen LogP contribution in [-0.4, -0.2) is 30.3 Å². The van der Waals surface area contributed by atoms with Crippen LogP contribution < -0.4 is 9.47 Å². The van der Waals surface area contributed by atoms with Crippen LogP contribution in [0.25, 0.3) is 33.3 Å². The Labute approximate surface area is 207 Å². The predicted molar refractivity (Wildman–Crippen MR) is 143 cm³/mol. The van der Waals surface area contributed by atoms with Crippen LogP contribution in [-0.2, 0) is 0 Å². The molecule has 0 bridgehead atoms. The largest absolute Gasteiger partial charge is 0.496 e. The van der Waals surface area contributed by atoms with Crippen LogP contribution in [0, 0.1) is 10.1 Å². The molecular weight excluding hydrogens is 454 g/mol. The first kappa shape index (κ1) is 22.9. The molecule has 0 spiro atoms. The van der Waals surface area contributed by atoms with E-state index in [4.69, 9.17) is 9.47 Å². The van der Waals surface area contributed by atoms with Gasteiger partial charge in [0.25, 0.3) is 5.69 Å². The molecule has 0 aliphatic rings. The number of fused-ring (bicyclic) bond motifs is 1. The highest BCUT2D eigenvalue weighted by molar-refractivity contribution is 6.13. The minimum absolute atomic E-state index is 0.0164. The number of non-ortho nitro benzene ring substituents is 1. The molecule has 4 aromatic carbocycles. The molecule has 0 saturated heterocycles. The molecular formula is C29H23N3O4. The molecule has 0 amide bonds. The summed E-state index contributed by atoms with van der Waals surface area (Å²) in [6, 6.07) is 28.2. The van der Waals surface area contributed by atoms with Gasteiger partial charge < -0.3 is 14.5 Å². The van der Waals surface area contributed by atoms with Gasteiger partial charge in [-0.1, -0.05) is 60.7 Å². The molecule has 0 aliphatic heterocycles. The van der Waals surface area contributed by atoms with Gasteiger partial charge in [0.15, 0.2) is 0 Å². The number of hydrogen-bond acceptors (Lipinski definition) is 5. The van der Waals surface area contributed by atoms with Gasteiger partial charge in [-0.25, -0.2) is 0 Å². The monoisotopic (exact) mass is 477 g/mol. The number of aliphatic imine (C=N–C) groups is 1. The fourth-order valence-corrected chi connectivity index (χ4v) is 4.31. The number of nitrogens with one attached hydrogen (secondary N) is 1. The molecule has 0 radical (unpaired) electrons. The van der Waals surface area contributed by atoms with Gasteiger partial charge >= 0.3 is 0 Å². The van der Waals surface area contributed by atoms with E-state index in [2.05, 4.69) is 34.2 Å². The second kappa shape index (κ2) is 9.76. The first-order valence-electron chi connectivity index (χ1n) is 11.3. The summed E-state index contributed by atoms with van der Waals surface area (Å²) >= 11 is 0. The van der Waals surface area contributed by atoms with Crippen LogP contribution >= 0.6 is 0 Å². The van der Waals surface area contributed by atoms with E-state index < -0.39 is 4.92 Å². The first-order chi connectivity index (χ1) is 17.6. The molecule has 178 valence electrons. The van der Waals surface area contributed by atoms with Gasteiger partial charge in [-0.15, -0.1) is 0 Å². The Balaban J connectivity index is 1.77. The van der Waals surface area contributed by atoms with E-state index in [-0.39, 0.29) is 5.69 Å². The van der Waals surface area contributed by atoms with E-state index >= 15 is 0 Å². The number of H-pyrrole nitrogens is 1. The number of nitro benzene ring substituents is 1. The molecule has 0 atom stereocenters. The summed E-state index contributed by atoms with van der Waals surface area (Å²) in [6.07, 6.45) is 1.71. The average Bonchev–Trinajstić information content (AvgIpc) is 3.33. The van der Waals surface area contributed by atoms with Gasteiger partial charge in [0.1, 0.15) is 11.5 Å². The molecule has 1 heterocycles. The topological polar surface area (TPSA) is 89.8 Å². The molecule has 36 heavy (non-hydrogen) atoms. The minimum Gasteiger partial charge on any atom is -0.496 e. The predicted octanol–water partition coefficient (Wildman–Crippen LogP) is 7.18. The lowest BCUT2D eigenvalue weighted by atomic mass is 9.97. The Kier molecular flexibility index (Phi) is 6.19. The van der Waals surface area contributed by atoms with E-state index in [9.17, 15) is 10.1 Å². The zero-order valence-electron chi connectivity index (χ0n) is 19.8. The molecule has 5 rings (SSSR count). The summed E-state index contributed by atoms with van der Waals surface area (Å²) in [4.78, 5) is 18.8. The van der Waals surface area contributed by atoms with Gasteiger partial charge in [0.2, 0.25) is 0 Å². The first-order valence-corrected chi connectivity index (χ1v) is 11.3. The lowest BCUT2D eigenvalue weighted by molar-refractivity contribution is -0.384. The van der Waals surface area contributed by atoms with Gasteiger partial charge in [-0.2, -0.15) is 0 Å².